The van der Waals surface area contributed by atoms with Gasteiger partial charge in [0.05, 0.1) is 23.8 Å². The smallest absolute Gasteiger partial charge is 0.233 e. The Morgan fingerprint density at radius 2 is 2.16 bits per heavy atom. The van der Waals surface area contributed by atoms with Crippen LogP contribution in [0, 0.1) is 5.82 Å². The molecule has 4 rings (SSSR count). The zero-order valence-corrected chi connectivity index (χ0v) is 14.1. The van der Waals surface area contributed by atoms with Crippen molar-refractivity contribution in [2.45, 2.75) is 43.7 Å². The topological polar surface area (TPSA) is 71.2 Å². The second-order valence-corrected chi connectivity index (χ2v) is 7.11. The second kappa shape index (κ2) is 5.91. The molecule has 1 N–H and O–H groups in total. The Balaban J connectivity index is 1.47. The van der Waals surface area contributed by atoms with Gasteiger partial charge in [-0.05, 0) is 37.5 Å². The molecule has 1 saturated carbocycles. The first kappa shape index (κ1) is 16.2. The largest absolute Gasteiger partial charge is 0.387 e. The van der Waals surface area contributed by atoms with Crippen molar-refractivity contribution in [3.63, 3.8) is 0 Å². The molecule has 0 radical (unpaired) electrons. The van der Waals surface area contributed by atoms with E-state index in [4.69, 9.17) is 0 Å². The zero-order chi connectivity index (χ0) is 17.6. The fraction of sp³-hybridized carbons (Fsp3) is 0.500. The molecule has 2 aliphatic rings. The quantitative estimate of drug-likeness (QED) is 0.921. The zero-order valence-electron chi connectivity index (χ0n) is 14.1. The van der Waals surface area contributed by atoms with E-state index in [1.165, 1.54) is 12.1 Å². The Kier molecular flexibility index (Phi) is 3.83. The predicted molar refractivity (Wildman–Crippen MR) is 88.2 cm³/mol. The van der Waals surface area contributed by atoms with Crippen molar-refractivity contribution in [1.82, 2.24) is 19.9 Å². The summed E-state index contributed by atoms with van der Waals surface area (Å²) < 4.78 is 15.3. The Morgan fingerprint density at radius 1 is 1.40 bits per heavy atom. The van der Waals surface area contributed by atoms with E-state index < -0.39 is 11.5 Å². The molecule has 6 nitrogen and oxygen atoms in total. The number of amides is 1. The van der Waals surface area contributed by atoms with Crippen molar-refractivity contribution in [3.8, 4) is 0 Å². The fourth-order valence-electron chi connectivity index (χ4n) is 3.69. The van der Waals surface area contributed by atoms with Gasteiger partial charge >= 0.3 is 0 Å². The normalized spacial score (nSPS) is 20.7. The molecule has 1 aliphatic carbocycles. The van der Waals surface area contributed by atoms with Gasteiger partial charge in [-0.3, -0.25) is 4.79 Å². The molecule has 2 aromatic rings. The number of rotatable bonds is 4. The summed E-state index contributed by atoms with van der Waals surface area (Å²) in [5.74, 6) is -0.220. The van der Waals surface area contributed by atoms with E-state index in [-0.39, 0.29) is 17.8 Å². The highest BCUT2D eigenvalue weighted by Gasteiger charge is 2.50. The average molecular weight is 344 g/mol. The van der Waals surface area contributed by atoms with Crippen LogP contribution in [0.4, 0.5) is 4.39 Å². The molecule has 1 aromatic carbocycles. The summed E-state index contributed by atoms with van der Waals surface area (Å²) >= 11 is 0. The van der Waals surface area contributed by atoms with E-state index in [2.05, 4.69) is 10.3 Å². The lowest BCUT2D eigenvalue weighted by Crippen LogP contribution is -2.59. The van der Waals surface area contributed by atoms with Crippen molar-refractivity contribution in [2.75, 3.05) is 13.1 Å². The minimum absolute atomic E-state index is 0.0774. The lowest BCUT2D eigenvalue weighted by Gasteiger charge is -2.48. The number of carbonyl (C=O) groups is 1. The molecule has 0 bridgehead atoms. The molecule has 1 saturated heterocycles. The van der Waals surface area contributed by atoms with Gasteiger partial charge in [0, 0.05) is 13.1 Å². The van der Waals surface area contributed by atoms with Crippen LogP contribution in [0.1, 0.15) is 49.6 Å². The minimum atomic E-state index is -0.655. The van der Waals surface area contributed by atoms with Gasteiger partial charge in [0.15, 0.2) is 0 Å². The van der Waals surface area contributed by atoms with Crippen LogP contribution in [0.3, 0.4) is 0 Å². The number of aliphatic hydroxyl groups is 1. The molecule has 1 amide bonds. The number of carbonyl (C=O) groups excluding carboxylic acids is 1. The van der Waals surface area contributed by atoms with E-state index in [1.54, 1.807) is 23.9 Å². The number of aromatic nitrogens is 3. The first-order valence-corrected chi connectivity index (χ1v) is 8.65. The second-order valence-electron chi connectivity index (χ2n) is 7.11. The number of nitrogens with zero attached hydrogens (tertiary/aromatic N) is 4. The van der Waals surface area contributed by atoms with E-state index >= 15 is 0 Å². The summed E-state index contributed by atoms with van der Waals surface area (Å²) in [6.45, 7) is 2.78. The third kappa shape index (κ3) is 2.63. The maximum absolute atomic E-state index is 13.6. The Bertz CT molecular complexity index is 794. The number of benzene rings is 1. The van der Waals surface area contributed by atoms with Crippen LogP contribution in [0.25, 0.3) is 0 Å². The van der Waals surface area contributed by atoms with Gasteiger partial charge in [-0.15, -0.1) is 5.10 Å². The molecule has 2 heterocycles. The van der Waals surface area contributed by atoms with Crippen molar-refractivity contribution in [3.05, 3.63) is 47.5 Å². The van der Waals surface area contributed by atoms with Crippen LogP contribution in [0.5, 0.6) is 0 Å². The van der Waals surface area contributed by atoms with Gasteiger partial charge in [0.2, 0.25) is 5.91 Å². The molecule has 132 valence electrons. The predicted octanol–water partition coefficient (Wildman–Crippen LogP) is 1.98. The lowest BCUT2D eigenvalue weighted by molar-refractivity contribution is -0.147. The highest BCUT2D eigenvalue weighted by Crippen LogP contribution is 2.46. The molecule has 7 heteroatoms. The monoisotopic (exact) mass is 344 g/mol. The third-order valence-corrected chi connectivity index (χ3v) is 5.47. The van der Waals surface area contributed by atoms with Crippen molar-refractivity contribution < 1.29 is 14.3 Å². The Hall–Kier alpha value is -2.28. The van der Waals surface area contributed by atoms with Crippen LogP contribution in [0.15, 0.2) is 30.5 Å². The number of aliphatic hydroxyl groups excluding tert-OH is 1. The summed E-state index contributed by atoms with van der Waals surface area (Å²) in [6.07, 6.45) is 3.60. The molecule has 0 unspecified atom stereocenters. The molecule has 1 aliphatic heterocycles. The number of halogens is 1. The van der Waals surface area contributed by atoms with E-state index in [1.807, 2.05) is 11.0 Å². The minimum Gasteiger partial charge on any atom is -0.387 e. The SMILES string of the molecule is C[C@@H](O)c1cn(C2CN(C(=O)C3(c4cccc(F)c4)CCC3)C2)nn1. The van der Waals surface area contributed by atoms with E-state index in [0.717, 1.165) is 24.8 Å². The van der Waals surface area contributed by atoms with E-state index in [9.17, 15) is 14.3 Å². The highest BCUT2D eigenvalue weighted by molar-refractivity contribution is 5.90. The van der Waals surface area contributed by atoms with Crippen molar-refractivity contribution >= 4 is 5.91 Å². The van der Waals surface area contributed by atoms with Gasteiger partial charge < -0.3 is 10.0 Å². The van der Waals surface area contributed by atoms with Gasteiger partial charge in [-0.1, -0.05) is 23.8 Å². The number of likely N-dealkylation sites (tertiary alicyclic amines) is 1. The standard InChI is InChI=1S/C18H21FN4O2/c1-12(24)16-11-23(21-20-16)15-9-22(10-15)17(25)18(6-3-7-18)13-4-2-5-14(19)8-13/h2,4-5,8,11-12,15,24H,3,6-7,9-10H2,1H3/t12-/m1/s1. The maximum atomic E-state index is 13.6. The van der Waals surface area contributed by atoms with Gasteiger partial charge in [0.25, 0.3) is 0 Å². The molecule has 0 spiro atoms. The van der Waals surface area contributed by atoms with Crippen LogP contribution in [0.2, 0.25) is 0 Å². The van der Waals surface area contributed by atoms with Gasteiger partial charge in [-0.25, -0.2) is 9.07 Å². The molecule has 1 atom stereocenters. The summed E-state index contributed by atoms with van der Waals surface area (Å²) in [5, 5.41) is 17.5. The molecular formula is C18H21FN4O2. The maximum Gasteiger partial charge on any atom is 0.233 e. The van der Waals surface area contributed by atoms with E-state index in [0.29, 0.717) is 18.8 Å². The van der Waals surface area contributed by atoms with Crippen LogP contribution in [-0.4, -0.2) is 44.0 Å². The fourth-order valence-corrected chi connectivity index (χ4v) is 3.69. The van der Waals surface area contributed by atoms with Crippen LogP contribution >= 0.6 is 0 Å². The van der Waals surface area contributed by atoms with Crippen molar-refractivity contribution in [2.24, 2.45) is 0 Å². The Morgan fingerprint density at radius 3 is 2.72 bits per heavy atom. The van der Waals surface area contributed by atoms with Gasteiger partial charge in [0.1, 0.15) is 11.5 Å². The number of hydrogen-bond acceptors (Lipinski definition) is 4. The summed E-state index contributed by atoms with van der Waals surface area (Å²) in [5.41, 5.74) is 0.740. The molecule has 25 heavy (non-hydrogen) atoms. The summed E-state index contributed by atoms with van der Waals surface area (Å²) in [4.78, 5) is 14.9. The Labute approximate surface area is 145 Å². The van der Waals surface area contributed by atoms with Crippen LogP contribution < -0.4 is 0 Å². The van der Waals surface area contributed by atoms with Gasteiger partial charge in [-0.2, -0.15) is 0 Å². The molecule has 1 aromatic heterocycles. The first-order chi connectivity index (χ1) is 12.0. The average Bonchev–Trinajstić information content (AvgIpc) is 2.94. The lowest BCUT2D eigenvalue weighted by atomic mass is 9.63. The summed E-state index contributed by atoms with van der Waals surface area (Å²) in [6, 6.07) is 6.49. The van der Waals surface area contributed by atoms with Crippen molar-refractivity contribution in [1.29, 1.82) is 0 Å². The van der Waals surface area contributed by atoms with Crippen LogP contribution in [-0.2, 0) is 10.2 Å². The third-order valence-electron chi connectivity index (χ3n) is 5.47. The first-order valence-electron chi connectivity index (χ1n) is 8.65. The number of hydrogen-bond donors (Lipinski definition) is 1. The molecule has 2 fully saturated rings. The molecular weight excluding hydrogens is 323 g/mol. The summed E-state index contributed by atoms with van der Waals surface area (Å²) in [7, 11) is 0. The highest BCUT2D eigenvalue weighted by atomic mass is 19.1.